The Balaban J connectivity index is 0.00000225. The summed E-state index contributed by atoms with van der Waals surface area (Å²) in [7, 11) is -1.49. The summed E-state index contributed by atoms with van der Waals surface area (Å²) in [4.78, 5) is 0. The minimum absolute atomic E-state index is 0. The van der Waals surface area contributed by atoms with Crippen LogP contribution in [0, 0.1) is 0 Å². The Kier molecular flexibility index (Phi) is 5.45. The van der Waals surface area contributed by atoms with Crippen molar-refractivity contribution < 1.29 is 28.7 Å². The Morgan fingerprint density at radius 2 is 2.00 bits per heavy atom. The molecule has 0 amide bonds. The van der Waals surface area contributed by atoms with Gasteiger partial charge < -0.3 is 9.84 Å². The molecule has 0 fully saturated rings. The molecular weight excluding hydrogens is 211 g/mol. The van der Waals surface area contributed by atoms with Gasteiger partial charge in [0.2, 0.25) is 0 Å². The van der Waals surface area contributed by atoms with Crippen LogP contribution in [0.25, 0.3) is 0 Å². The van der Waals surface area contributed by atoms with Crippen LogP contribution in [0.2, 0.25) is 19.6 Å². The summed E-state index contributed by atoms with van der Waals surface area (Å²) in [5.41, 5.74) is 0.936. The van der Waals surface area contributed by atoms with Crippen LogP contribution in [-0.2, 0) is 4.74 Å². The third kappa shape index (κ3) is 2.58. The molecule has 1 aliphatic rings. The predicted molar refractivity (Wildman–Crippen MR) is 63.9 cm³/mol. The molecule has 1 unspecified atom stereocenters. The van der Waals surface area contributed by atoms with Gasteiger partial charge in [-0.1, -0.05) is 25.7 Å². The van der Waals surface area contributed by atoms with Gasteiger partial charge in [-0.25, -0.2) is 0 Å². The van der Waals surface area contributed by atoms with Gasteiger partial charge in [0.25, 0.3) is 0 Å². The van der Waals surface area contributed by atoms with Gasteiger partial charge in [0.15, 0.2) is 0 Å². The summed E-state index contributed by atoms with van der Waals surface area (Å²) in [6.45, 7) is 12.4. The molecule has 16 heavy (non-hydrogen) atoms. The number of ether oxygens (including phenoxy) is 1. The van der Waals surface area contributed by atoms with E-state index in [1.165, 1.54) is 0 Å². The van der Waals surface area contributed by atoms with Gasteiger partial charge in [-0.3, -0.25) is 0 Å². The SMILES string of the molecule is C=CCCCC1([Si](C)(C)C)OC([O-])=C1C.[Li+]. The van der Waals surface area contributed by atoms with Crippen LogP contribution in [0.5, 0.6) is 0 Å². The van der Waals surface area contributed by atoms with E-state index < -0.39 is 8.07 Å². The Morgan fingerprint density at radius 3 is 2.31 bits per heavy atom. The molecule has 0 aromatic rings. The maximum absolute atomic E-state index is 11.3. The first-order chi connectivity index (χ1) is 6.85. The Hall–Kier alpha value is -0.106. The molecular formula is C12H21LiO2Si. The monoisotopic (exact) mass is 232 g/mol. The van der Waals surface area contributed by atoms with Crippen LogP contribution in [0.1, 0.15) is 26.2 Å². The van der Waals surface area contributed by atoms with E-state index in [2.05, 4.69) is 26.2 Å². The van der Waals surface area contributed by atoms with Crippen LogP contribution < -0.4 is 24.0 Å². The molecule has 86 valence electrons. The van der Waals surface area contributed by atoms with Crippen molar-refractivity contribution in [3.05, 3.63) is 24.2 Å². The molecule has 1 heterocycles. The zero-order valence-corrected chi connectivity index (χ0v) is 12.2. The Morgan fingerprint density at radius 1 is 1.44 bits per heavy atom. The Labute approximate surface area is 112 Å². The molecule has 2 nitrogen and oxygen atoms in total. The molecule has 1 atom stereocenters. The predicted octanol–water partition coefficient (Wildman–Crippen LogP) is -0.415. The van der Waals surface area contributed by atoms with Crippen molar-refractivity contribution in [2.75, 3.05) is 0 Å². The second-order valence-electron chi connectivity index (χ2n) is 5.27. The molecule has 0 aromatic carbocycles. The summed E-state index contributed by atoms with van der Waals surface area (Å²) in [5, 5.41) is 11.1. The largest absolute Gasteiger partial charge is 1.00 e. The van der Waals surface area contributed by atoms with Gasteiger partial charge in [-0.2, -0.15) is 0 Å². The number of unbranched alkanes of at least 4 members (excludes halogenated alkanes) is 1. The van der Waals surface area contributed by atoms with E-state index in [-0.39, 0.29) is 30.0 Å². The molecule has 1 aliphatic heterocycles. The number of hydrogen-bond donors (Lipinski definition) is 0. The van der Waals surface area contributed by atoms with Crippen molar-refractivity contribution in [3.63, 3.8) is 0 Å². The second-order valence-corrected chi connectivity index (χ2v) is 10.6. The number of allylic oxidation sites excluding steroid dienone is 1. The van der Waals surface area contributed by atoms with Crippen molar-refractivity contribution >= 4 is 8.07 Å². The normalized spacial score (nSPS) is 24.2. The second kappa shape index (κ2) is 5.49. The van der Waals surface area contributed by atoms with Crippen molar-refractivity contribution in [2.45, 2.75) is 51.1 Å². The van der Waals surface area contributed by atoms with Crippen LogP contribution in [-0.4, -0.2) is 13.3 Å². The quantitative estimate of drug-likeness (QED) is 0.366. The molecule has 1 rings (SSSR count). The van der Waals surface area contributed by atoms with Crippen LogP contribution >= 0.6 is 0 Å². The first-order valence-electron chi connectivity index (χ1n) is 5.53. The summed E-state index contributed by atoms with van der Waals surface area (Å²) in [5.74, 6) is -0.101. The molecule has 0 saturated carbocycles. The zero-order chi connectivity index (χ0) is 11.7. The van der Waals surface area contributed by atoms with Gasteiger partial charge in [-0.05, 0) is 31.8 Å². The molecule has 0 bridgehead atoms. The molecule has 0 radical (unpaired) electrons. The molecule has 0 aromatic heterocycles. The van der Waals surface area contributed by atoms with E-state index in [0.29, 0.717) is 0 Å². The summed E-state index contributed by atoms with van der Waals surface area (Å²) < 4.78 is 5.50. The van der Waals surface area contributed by atoms with Gasteiger partial charge in [0.05, 0.1) is 14.0 Å². The van der Waals surface area contributed by atoms with Gasteiger partial charge >= 0.3 is 18.9 Å². The maximum Gasteiger partial charge on any atom is 1.00 e. The van der Waals surface area contributed by atoms with Crippen LogP contribution in [0.15, 0.2) is 24.2 Å². The van der Waals surface area contributed by atoms with Crippen LogP contribution in [0.4, 0.5) is 0 Å². The minimum atomic E-state index is -1.49. The van der Waals surface area contributed by atoms with Crippen molar-refractivity contribution in [1.29, 1.82) is 0 Å². The third-order valence-electron chi connectivity index (χ3n) is 3.33. The minimum Gasteiger partial charge on any atom is -0.605 e. The van der Waals surface area contributed by atoms with Crippen molar-refractivity contribution in [2.24, 2.45) is 0 Å². The van der Waals surface area contributed by atoms with E-state index >= 15 is 0 Å². The molecule has 0 spiro atoms. The molecule has 4 heteroatoms. The summed E-state index contributed by atoms with van der Waals surface area (Å²) in [6.07, 6.45) is 4.94. The third-order valence-corrected chi connectivity index (χ3v) is 6.48. The molecule has 0 aliphatic carbocycles. The van der Waals surface area contributed by atoms with Crippen molar-refractivity contribution in [3.8, 4) is 0 Å². The zero-order valence-electron chi connectivity index (χ0n) is 11.2. The first-order valence-corrected chi connectivity index (χ1v) is 9.03. The van der Waals surface area contributed by atoms with Crippen molar-refractivity contribution in [1.82, 2.24) is 0 Å². The first kappa shape index (κ1) is 15.9. The van der Waals surface area contributed by atoms with E-state index in [1.54, 1.807) is 0 Å². The smallest absolute Gasteiger partial charge is 0.605 e. The fourth-order valence-corrected chi connectivity index (χ4v) is 4.81. The van der Waals surface area contributed by atoms with Gasteiger partial charge in [0, 0.05) is 5.22 Å². The van der Waals surface area contributed by atoms with Gasteiger partial charge in [-0.15, -0.1) is 6.58 Å². The number of rotatable bonds is 5. The Bertz CT molecular complexity index is 294. The van der Waals surface area contributed by atoms with Gasteiger partial charge in [0.1, 0.15) is 0 Å². The fourth-order valence-electron chi connectivity index (χ4n) is 2.25. The van der Waals surface area contributed by atoms with E-state index in [9.17, 15) is 5.11 Å². The van der Waals surface area contributed by atoms with E-state index in [0.717, 1.165) is 24.8 Å². The molecule has 0 N–H and O–H groups in total. The summed E-state index contributed by atoms with van der Waals surface area (Å²) in [6, 6.07) is 0. The molecule has 0 saturated heterocycles. The van der Waals surface area contributed by atoms with E-state index in [1.807, 2.05) is 13.0 Å². The number of hydrogen-bond acceptors (Lipinski definition) is 2. The average Bonchev–Trinajstić information content (AvgIpc) is 2.14. The maximum atomic E-state index is 11.3. The average molecular weight is 232 g/mol. The fraction of sp³-hybridized carbons (Fsp3) is 0.667. The van der Waals surface area contributed by atoms with E-state index in [4.69, 9.17) is 4.74 Å². The summed E-state index contributed by atoms with van der Waals surface area (Å²) >= 11 is 0. The topological polar surface area (TPSA) is 32.3 Å². The standard InChI is InChI=1S/C12H22O2Si.Li/c1-6-7-8-9-12(15(3,4)5)10(2)11(13)14-12;/h6,13H,1,7-9H2,2-5H3;/q;+1/p-1. The van der Waals surface area contributed by atoms with Crippen LogP contribution in [0.3, 0.4) is 0 Å².